The second kappa shape index (κ2) is 12.1. The summed E-state index contributed by atoms with van der Waals surface area (Å²) in [4.78, 5) is 4.28. The number of hydrogen-bond donors (Lipinski definition) is 2. The van der Waals surface area contributed by atoms with Gasteiger partial charge in [0.25, 0.3) is 0 Å². The summed E-state index contributed by atoms with van der Waals surface area (Å²) in [5.41, 5.74) is 1.23. The molecule has 0 bridgehead atoms. The summed E-state index contributed by atoms with van der Waals surface area (Å²) < 4.78 is 22.6. The molecule has 8 heteroatoms. The van der Waals surface area contributed by atoms with Crippen LogP contribution in [0.4, 0.5) is 0 Å². The molecule has 1 atom stereocenters. The maximum atomic E-state index is 11.3. The molecule has 1 unspecified atom stereocenters. The van der Waals surface area contributed by atoms with Gasteiger partial charge in [-0.05, 0) is 43.9 Å². The zero-order valence-electron chi connectivity index (χ0n) is 16.9. The highest BCUT2D eigenvalue weighted by molar-refractivity contribution is 14.0. The summed E-state index contributed by atoms with van der Waals surface area (Å²) in [6.07, 6.45) is 3.77. The van der Waals surface area contributed by atoms with Gasteiger partial charge in [-0.1, -0.05) is 37.6 Å². The van der Waals surface area contributed by atoms with Crippen molar-refractivity contribution in [2.24, 2.45) is 4.99 Å². The summed E-state index contributed by atoms with van der Waals surface area (Å²) >= 11 is 6.03. The number of nitrogens with one attached hydrogen (secondary N) is 2. The van der Waals surface area contributed by atoms with E-state index in [2.05, 4.69) is 41.6 Å². The highest BCUT2D eigenvalue weighted by Crippen LogP contribution is 2.31. The molecular weight excluding hydrogens is 497 g/mol. The molecule has 0 saturated heterocycles. The Bertz CT molecular complexity index is 689. The molecule has 0 aromatic heterocycles. The Morgan fingerprint density at radius 2 is 1.78 bits per heavy atom. The van der Waals surface area contributed by atoms with Gasteiger partial charge >= 0.3 is 0 Å². The van der Waals surface area contributed by atoms with Crippen LogP contribution in [0.5, 0.6) is 0 Å². The highest BCUT2D eigenvalue weighted by atomic mass is 127. The van der Waals surface area contributed by atoms with Crippen molar-refractivity contribution in [2.45, 2.75) is 51.5 Å². The molecule has 0 radical (unpaired) electrons. The van der Waals surface area contributed by atoms with E-state index < -0.39 is 9.84 Å². The van der Waals surface area contributed by atoms with Crippen LogP contribution in [-0.2, 0) is 15.3 Å². The molecule has 0 fully saturated rings. The van der Waals surface area contributed by atoms with E-state index in [1.54, 1.807) is 7.05 Å². The predicted molar refractivity (Wildman–Crippen MR) is 127 cm³/mol. The number of sulfone groups is 1. The Labute approximate surface area is 186 Å². The van der Waals surface area contributed by atoms with E-state index in [1.807, 2.05) is 19.1 Å². The molecule has 1 aromatic rings. The number of rotatable bonds is 9. The SMILES string of the molecule is CCC(CC)(CNC(=NC)NC(C)CCS(C)(=O)=O)c1ccc(Cl)cc1.I. The van der Waals surface area contributed by atoms with E-state index in [-0.39, 0.29) is 41.2 Å². The van der Waals surface area contributed by atoms with Crippen molar-refractivity contribution in [3.05, 3.63) is 34.9 Å². The molecule has 0 amide bonds. The zero-order chi connectivity index (χ0) is 19.8. The van der Waals surface area contributed by atoms with Gasteiger partial charge in [0.15, 0.2) is 5.96 Å². The van der Waals surface area contributed by atoms with Crippen LogP contribution in [-0.4, -0.2) is 46.0 Å². The lowest BCUT2D eigenvalue weighted by Gasteiger charge is -2.33. The Hall–Kier alpha value is -0.540. The third kappa shape index (κ3) is 9.00. The van der Waals surface area contributed by atoms with Crippen LogP contribution in [0.2, 0.25) is 5.02 Å². The fourth-order valence-corrected chi connectivity index (χ4v) is 3.87. The van der Waals surface area contributed by atoms with Crippen LogP contribution >= 0.6 is 35.6 Å². The average Bonchev–Trinajstić information content (AvgIpc) is 2.60. The first-order chi connectivity index (χ1) is 12.2. The average molecular weight is 530 g/mol. The van der Waals surface area contributed by atoms with E-state index >= 15 is 0 Å². The normalized spacial score (nSPS) is 13.6. The van der Waals surface area contributed by atoms with Crippen LogP contribution in [0.1, 0.15) is 45.6 Å². The molecule has 0 heterocycles. The lowest BCUT2D eigenvalue weighted by molar-refractivity contribution is 0.388. The maximum Gasteiger partial charge on any atom is 0.191 e. The lowest BCUT2D eigenvalue weighted by atomic mass is 9.76. The second-order valence-corrected chi connectivity index (χ2v) is 9.58. The van der Waals surface area contributed by atoms with E-state index in [0.717, 1.165) is 24.4 Å². The lowest BCUT2D eigenvalue weighted by Crippen LogP contribution is -2.48. The highest BCUT2D eigenvalue weighted by Gasteiger charge is 2.28. The molecule has 1 rings (SSSR count). The van der Waals surface area contributed by atoms with E-state index in [4.69, 9.17) is 11.6 Å². The molecule has 2 N–H and O–H groups in total. The summed E-state index contributed by atoms with van der Waals surface area (Å²) in [6.45, 7) is 7.07. The van der Waals surface area contributed by atoms with Crippen molar-refractivity contribution in [1.82, 2.24) is 10.6 Å². The number of nitrogens with zero attached hydrogens (tertiary/aromatic N) is 1. The second-order valence-electron chi connectivity index (χ2n) is 6.88. The summed E-state index contributed by atoms with van der Waals surface area (Å²) in [5.74, 6) is 0.850. The molecule has 0 aliphatic heterocycles. The third-order valence-electron chi connectivity index (χ3n) is 4.93. The number of guanidine groups is 1. The fraction of sp³-hybridized carbons (Fsp3) is 0.632. The first-order valence-corrected chi connectivity index (χ1v) is 11.5. The fourth-order valence-electron chi connectivity index (χ4n) is 2.96. The quantitative estimate of drug-likeness (QED) is 0.288. The van der Waals surface area contributed by atoms with Crippen LogP contribution < -0.4 is 10.6 Å². The van der Waals surface area contributed by atoms with E-state index in [9.17, 15) is 8.42 Å². The molecule has 1 aromatic carbocycles. The monoisotopic (exact) mass is 529 g/mol. The van der Waals surface area contributed by atoms with Gasteiger partial charge in [-0.2, -0.15) is 0 Å². The Morgan fingerprint density at radius 3 is 2.22 bits per heavy atom. The minimum absolute atomic E-state index is 0. The molecule has 0 aliphatic rings. The number of hydrogen-bond acceptors (Lipinski definition) is 3. The molecule has 27 heavy (non-hydrogen) atoms. The zero-order valence-corrected chi connectivity index (χ0v) is 20.8. The molecule has 0 saturated carbocycles. The maximum absolute atomic E-state index is 11.3. The van der Waals surface area contributed by atoms with Gasteiger partial charge in [-0.3, -0.25) is 4.99 Å². The van der Waals surface area contributed by atoms with Crippen molar-refractivity contribution in [3.8, 4) is 0 Å². The largest absolute Gasteiger partial charge is 0.356 e. The Kier molecular flexibility index (Phi) is 11.9. The van der Waals surface area contributed by atoms with Gasteiger partial charge in [0.1, 0.15) is 9.84 Å². The molecule has 5 nitrogen and oxygen atoms in total. The summed E-state index contributed by atoms with van der Waals surface area (Å²) in [6, 6.07) is 8.04. The summed E-state index contributed by atoms with van der Waals surface area (Å²) in [5, 5.41) is 7.42. The van der Waals surface area contributed by atoms with Crippen LogP contribution in [0.15, 0.2) is 29.3 Å². The van der Waals surface area contributed by atoms with Gasteiger partial charge in [0.05, 0.1) is 5.75 Å². The van der Waals surface area contributed by atoms with Crippen LogP contribution in [0.25, 0.3) is 0 Å². The topological polar surface area (TPSA) is 70.6 Å². The van der Waals surface area contributed by atoms with E-state index in [0.29, 0.717) is 12.4 Å². The van der Waals surface area contributed by atoms with Crippen molar-refractivity contribution in [3.63, 3.8) is 0 Å². The van der Waals surface area contributed by atoms with Crippen LogP contribution in [0, 0.1) is 0 Å². The molecule has 0 spiro atoms. The van der Waals surface area contributed by atoms with Crippen molar-refractivity contribution in [2.75, 3.05) is 25.6 Å². The smallest absolute Gasteiger partial charge is 0.191 e. The Morgan fingerprint density at radius 1 is 1.22 bits per heavy atom. The predicted octanol–water partition coefficient (Wildman–Crippen LogP) is 4.00. The number of aliphatic imine (C=N–C) groups is 1. The van der Waals surface area contributed by atoms with E-state index in [1.165, 1.54) is 11.8 Å². The van der Waals surface area contributed by atoms with Crippen molar-refractivity contribution < 1.29 is 8.42 Å². The molecular formula is C19H33ClIN3O2S. The van der Waals surface area contributed by atoms with Gasteiger partial charge in [0, 0.05) is 36.3 Å². The molecule has 0 aliphatic carbocycles. The Balaban J connectivity index is 0.00000676. The van der Waals surface area contributed by atoms with Gasteiger partial charge in [-0.15, -0.1) is 24.0 Å². The van der Waals surface area contributed by atoms with Crippen molar-refractivity contribution >= 4 is 51.4 Å². The summed E-state index contributed by atoms with van der Waals surface area (Å²) in [7, 11) is -1.23. The first kappa shape index (κ1) is 26.5. The molecule has 156 valence electrons. The van der Waals surface area contributed by atoms with Crippen molar-refractivity contribution in [1.29, 1.82) is 0 Å². The van der Waals surface area contributed by atoms with Gasteiger partial charge < -0.3 is 10.6 Å². The minimum Gasteiger partial charge on any atom is -0.356 e. The van der Waals surface area contributed by atoms with Crippen LogP contribution in [0.3, 0.4) is 0 Å². The standard InChI is InChI=1S/C19H32ClN3O2S.HI/c1-6-19(7-2,16-8-10-17(20)11-9-16)14-22-18(21-4)23-15(3)12-13-26(5,24)25;/h8-11,15H,6-7,12-14H2,1-5H3,(H2,21,22,23);1H. The van der Waals surface area contributed by atoms with Gasteiger partial charge in [-0.25, -0.2) is 8.42 Å². The number of halogens is 2. The number of benzene rings is 1. The minimum atomic E-state index is -2.96. The third-order valence-corrected chi connectivity index (χ3v) is 6.16. The first-order valence-electron chi connectivity index (χ1n) is 9.06. The van der Waals surface area contributed by atoms with Gasteiger partial charge in [0.2, 0.25) is 0 Å².